The number of rotatable bonds is 2. The molecule has 2 spiro atoms. The molecular formula is C31H37N3O3. The molecule has 0 amide bonds. The fraction of sp³-hybridized carbons (Fsp3) is 0.516. The van der Waals surface area contributed by atoms with Gasteiger partial charge in [-0.15, -0.1) is 0 Å². The molecule has 4 N–H and O–H groups in total. The molecule has 1 aromatic carbocycles. The number of aliphatic hydroxyl groups is 2. The first-order chi connectivity index (χ1) is 17.6. The second-order valence-electron chi connectivity index (χ2n) is 12.6. The van der Waals surface area contributed by atoms with E-state index in [2.05, 4.69) is 49.2 Å². The number of hydrogen-bond acceptors (Lipinski definition) is 6. The van der Waals surface area contributed by atoms with Gasteiger partial charge in [-0.2, -0.15) is 0 Å². The Hall–Kier alpha value is -2.51. The first kappa shape index (κ1) is 23.6. The van der Waals surface area contributed by atoms with Gasteiger partial charge in [0.2, 0.25) is 0 Å². The van der Waals surface area contributed by atoms with E-state index >= 15 is 0 Å². The molecule has 7 rings (SSSR count). The highest BCUT2D eigenvalue weighted by Crippen LogP contribution is 2.69. The zero-order chi connectivity index (χ0) is 25.9. The van der Waals surface area contributed by atoms with E-state index in [-0.39, 0.29) is 17.1 Å². The van der Waals surface area contributed by atoms with Gasteiger partial charge in [0, 0.05) is 29.0 Å². The van der Waals surface area contributed by atoms with Crippen LogP contribution in [0.25, 0.3) is 16.3 Å². The van der Waals surface area contributed by atoms with Gasteiger partial charge in [-0.05, 0) is 92.9 Å². The number of aromatic nitrogens is 1. The summed E-state index contributed by atoms with van der Waals surface area (Å²) < 4.78 is 7.32. The van der Waals surface area contributed by atoms with Gasteiger partial charge in [0.05, 0.1) is 17.3 Å². The van der Waals surface area contributed by atoms with Crippen molar-refractivity contribution in [2.75, 3.05) is 19.8 Å². The Morgan fingerprint density at radius 3 is 2.73 bits per heavy atom. The standard InChI is InChI=1S/C31H37N3O3/c1-17-14-29(2)21(18-5-6-19-16-33-26(32)12-20(19)11-18)7-8-25(29)31-10-9-30(37-31)15-24(34(3)4)28(36)27(35)23(30)13-22(17)31/h5-7,11-13,16,24-25,27-28,35-36H,8-10,14-15H2,1-4H3,(H2,32,33). The summed E-state index contributed by atoms with van der Waals surface area (Å²) in [7, 11) is 3.96. The zero-order valence-corrected chi connectivity index (χ0v) is 22.2. The predicted octanol–water partition coefficient (Wildman–Crippen LogP) is 4.23. The van der Waals surface area contributed by atoms with E-state index < -0.39 is 17.8 Å². The number of hydrogen-bond donors (Lipinski definition) is 3. The molecule has 2 bridgehead atoms. The van der Waals surface area contributed by atoms with Gasteiger partial charge in [-0.3, -0.25) is 0 Å². The lowest BCUT2D eigenvalue weighted by molar-refractivity contribution is -0.162. The summed E-state index contributed by atoms with van der Waals surface area (Å²) in [6, 6.07) is 8.45. The third-order valence-corrected chi connectivity index (χ3v) is 10.4. The van der Waals surface area contributed by atoms with Gasteiger partial charge in [-0.1, -0.05) is 36.8 Å². The largest absolute Gasteiger partial charge is 0.388 e. The predicted molar refractivity (Wildman–Crippen MR) is 146 cm³/mol. The topological polar surface area (TPSA) is 91.8 Å². The van der Waals surface area contributed by atoms with Gasteiger partial charge in [0.1, 0.15) is 11.9 Å². The van der Waals surface area contributed by atoms with Crippen LogP contribution in [0.2, 0.25) is 0 Å². The van der Waals surface area contributed by atoms with Crippen molar-refractivity contribution in [3.63, 3.8) is 0 Å². The van der Waals surface area contributed by atoms with E-state index in [9.17, 15) is 10.2 Å². The number of nitrogens with zero attached hydrogens (tertiary/aromatic N) is 2. The molecule has 1 aromatic heterocycles. The summed E-state index contributed by atoms with van der Waals surface area (Å²) >= 11 is 0. The lowest BCUT2D eigenvalue weighted by Crippen LogP contribution is -2.62. The minimum Gasteiger partial charge on any atom is -0.388 e. The second kappa shape index (κ2) is 7.54. The molecule has 7 unspecified atom stereocenters. The molecular weight excluding hydrogens is 462 g/mol. The maximum absolute atomic E-state index is 11.2. The number of anilines is 1. The quantitative estimate of drug-likeness (QED) is 0.573. The van der Waals surface area contributed by atoms with Crippen LogP contribution < -0.4 is 5.73 Å². The number of ether oxygens (including phenoxy) is 1. The highest BCUT2D eigenvalue weighted by molar-refractivity contribution is 5.88. The van der Waals surface area contributed by atoms with Gasteiger partial charge in [0.15, 0.2) is 0 Å². The fourth-order valence-corrected chi connectivity index (χ4v) is 8.77. The molecule has 2 fully saturated rings. The number of nitrogen functional groups attached to an aromatic ring is 1. The summed E-state index contributed by atoms with van der Waals surface area (Å²) in [6.45, 7) is 4.66. The highest BCUT2D eigenvalue weighted by Gasteiger charge is 2.68. The minimum atomic E-state index is -0.900. The van der Waals surface area contributed by atoms with Crippen molar-refractivity contribution < 1.29 is 14.9 Å². The normalized spacial score (nSPS) is 40.4. The van der Waals surface area contributed by atoms with Crippen molar-refractivity contribution in [3.8, 4) is 0 Å². The Kier molecular flexibility index (Phi) is 4.81. The Labute approximate surface area is 218 Å². The number of benzene rings is 1. The first-order valence-electron chi connectivity index (χ1n) is 13.6. The van der Waals surface area contributed by atoms with Crippen LogP contribution in [0.15, 0.2) is 59.3 Å². The summed E-state index contributed by atoms with van der Waals surface area (Å²) in [6.07, 6.45) is 9.27. The van der Waals surface area contributed by atoms with E-state index in [1.807, 2.05) is 31.3 Å². The first-order valence-corrected chi connectivity index (χ1v) is 13.6. The van der Waals surface area contributed by atoms with Crippen LogP contribution in [-0.4, -0.2) is 63.6 Å². The van der Waals surface area contributed by atoms with Crippen LogP contribution in [0.4, 0.5) is 5.82 Å². The Balaban J connectivity index is 1.33. The number of nitrogens with two attached hydrogens (primary N) is 1. The van der Waals surface area contributed by atoms with Crippen LogP contribution in [-0.2, 0) is 4.74 Å². The van der Waals surface area contributed by atoms with Gasteiger partial charge in [-0.25, -0.2) is 4.98 Å². The Bertz CT molecular complexity index is 1430. The number of allylic oxidation sites excluding steroid dienone is 3. The van der Waals surface area contributed by atoms with Crippen molar-refractivity contribution in [2.45, 2.75) is 75.4 Å². The van der Waals surface area contributed by atoms with E-state index in [1.54, 1.807) is 0 Å². The highest BCUT2D eigenvalue weighted by atomic mass is 16.5. The molecule has 2 aliphatic heterocycles. The van der Waals surface area contributed by atoms with E-state index in [1.165, 1.54) is 22.3 Å². The lowest BCUT2D eigenvalue weighted by Gasteiger charge is -2.56. The molecule has 0 radical (unpaired) electrons. The van der Waals surface area contributed by atoms with Crippen molar-refractivity contribution in [1.82, 2.24) is 9.88 Å². The summed E-state index contributed by atoms with van der Waals surface area (Å²) in [5, 5.41) is 24.4. The van der Waals surface area contributed by atoms with Crippen LogP contribution in [0.3, 0.4) is 0 Å². The number of pyridine rings is 1. The molecule has 194 valence electrons. The third kappa shape index (κ3) is 2.98. The molecule has 6 heteroatoms. The van der Waals surface area contributed by atoms with Crippen molar-refractivity contribution in [3.05, 3.63) is 64.9 Å². The number of aliphatic hydroxyl groups excluding tert-OH is 2. The Morgan fingerprint density at radius 2 is 1.95 bits per heavy atom. The number of fused-ring (bicyclic) bond motifs is 2. The molecule has 1 saturated heterocycles. The van der Waals surface area contributed by atoms with Gasteiger partial charge in [0.25, 0.3) is 0 Å². The van der Waals surface area contributed by atoms with Crippen molar-refractivity contribution in [1.29, 1.82) is 0 Å². The smallest absolute Gasteiger partial charge is 0.123 e. The summed E-state index contributed by atoms with van der Waals surface area (Å²) in [4.78, 5) is 6.29. The van der Waals surface area contributed by atoms with Crippen LogP contribution in [0.5, 0.6) is 0 Å². The molecule has 1 saturated carbocycles. The maximum Gasteiger partial charge on any atom is 0.123 e. The average Bonchev–Trinajstić information content (AvgIpc) is 3.36. The molecule has 37 heavy (non-hydrogen) atoms. The molecule has 5 aliphatic rings. The van der Waals surface area contributed by atoms with Gasteiger partial charge >= 0.3 is 0 Å². The van der Waals surface area contributed by atoms with Crippen LogP contribution in [0, 0.1) is 11.3 Å². The number of likely N-dealkylation sites (N-methyl/N-ethyl adjacent to an activating group) is 1. The van der Waals surface area contributed by atoms with E-state index in [4.69, 9.17) is 10.5 Å². The third-order valence-electron chi connectivity index (χ3n) is 10.4. The summed E-state index contributed by atoms with van der Waals surface area (Å²) in [5.41, 5.74) is 11.2. The fourth-order valence-electron chi connectivity index (χ4n) is 8.77. The second-order valence-corrected chi connectivity index (χ2v) is 12.6. The molecule has 7 atom stereocenters. The SMILES string of the molecule is CC1=C2C=C3C(O)C(O)C(N(C)C)CC34CCC2(O4)C2CC=C(c3ccc4cnc(N)cc4c3)C2(C)C1. The summed E-state index contributed by atoms with van der Waals surface area (Å²) in [5.74, 6) is 0.866. The molecule has 6 nitrogen and oxygen atoms in total. The monoisotopic (exact) mass is 499 g/mol. The lowest BCUT2D eigenvalue weighted by atomic mass is 9.56. The van der Waals surface area contributed by atoms with Crippen LogP contribution >= 0.6 is 0 Å². The van der Waals surface area contributed by atoms with Gasteiger partial charge < -0.3 is 25.6 Å². The van der Waals surface area contributed by atoms with E-state index in [0.29, 0.717) is 18.2 Å². The zero-order valence-electron chi connectivity index (χ0n) is 22.2. The molecule has 3 aliphatic carbocycles. The van der Waals surface area contributed by atoms with Crippen molar-refractivity contribution >= 4 is 22.2 Å². The van der Waals surface area contributed by atoms with Crippen LogP contribution in [0.1, 0.15) is 51.5 Å². The van der Waals surface area contributed by atoms with E-state index in [0.717, 1.165) is 42.0 Å². The molecule has 2 aromatic rings. The molecule has 3 heterocycles. The Morgan fingerprint density at radius 1 is 1.14 bits per heavy atom. The average molecular weight is 500 g/mol. The minimum absolute atomic E-state index is 0.0511. The van der Waals surface area contributed by atoms with Crippen molar-refractivity contribution in [2.24, 2.45) is 11.3 Å². The maximum atomic E-state index is 11.2.